The number of fused-ring (bicyclic) bond motifs is 1. The van der Waals surface area contributed by atoms with Crippen molar-refractivity contribution in [2.45, 2.75) is 38.5 Å². The van der Waals surface area contributed by atoms with Crippen LogP contribution in [0.25, 0.3) is 0 Å². The first-order valence-electron chi connectivity index (χ1n) is 12.1. The van der Waals surface area contributed by atoms with Gasteiger partial charge in [-0.05, 0) is 42.3 Å². The normalized spacial score (nSPS) is 20.7. The van der Waals surface area contributed by atoms with E-state index in [1.807, 2.05) is 0 Å². The van der Waals surface area contributed by atoms with Crippen LogP contribution in [0, 0.1) is 12.3 Å². The first-order chi connectivity index (χ1) is 18.5. The lowest BCUT2D eigenvalue weighted by Crippen LogP contribution is -2.61. The van der Waals surface area contributed by atoms with Crippen LogP contribution in [0.2, 0.25) is 0 Å². The van der Waals surface area contributed by atoms with Crippen molar-refractivity contribution in [2.75, 3.05) is 19.5 Å². The van der Waals surface area contributed by atoms with Gasteiger partial charge < -0.3 is 28.8 Å². The first-order valence-corrected chi connectivity index (χ1v) is 12.1. The third kappa shape index (κ3) is 4.01. The highest BCUT2D eigenvalue weighted by Gasteiger charge is 2.68. The predicted molar refractivity (Wildman–Crippen MR) is 134 cm³/mol. The molecule has 202 valence electrons. The van der Waals surface area contributed by atoms with Gasteiger partial charge >= 0.3 is 23.9 Å². The standard InChI is InChI=1S/C28H26N2O9/c1-14-19-20(15-6-10-17(11-7-15)23(31)35-4)28(25(33)37-27(2,3)38-26(28)34)21(29-22(19)39-30-14)16-8-12-18(13-9-16)24(32)36-5/h6-13,20-21,29H,1-5H3. The number of esters is 4. The zero-order valence-electron chi connectivity index (χ0n) is 21.9. The number of nitrogens with zero attached hydrogens (tertiary/aromatic N) is 1. The summed E-state index contributed by atoms with van der Waals surface area (Å²) < 4.78 is 26.6. The van der Waals surface area contributed by atoms with Crippen LogP contribution >= 0.6 is 0 Å². The Bertz CT molecular complexity index is 1450. The van der Waals surface area contributed by atoms with Gasteiger partial charge in [-0.2, -0.15) is 0 Å². The number of hydrogen-bond acceptors (Lipinski definition) is 11. The maximum atomic E-state index is 14.1. The molecule has 3 aromatic rings. The number of cyclic esters (lactones) is 2. The Labute approximate surface area is 223 Å². The fourth-order valence-electron chi connectivity index (χ4n) is 5.29. The molecule has 1 saturated heterocycles. The van der Waals surface area contributed by atoms with E-state index < -0.39 is 47.0 Å². The zero-order chi connectivity index (χ0) is 28.1. The van der Waals surface area contributed by atoms with Gasteiger partial charge in [0, 0.05) is 25.3 Å². The van der Waals surface area contributed by atoms with E-state index in [2.05, 4.69) is 10.5 Å². The average Bonchev–Trinajstić information content (AvgIpc) is 3.29. The smallest absolute Gasteiger partial charge is 0.337 e. The molecule has 3 heterocycles. The van der Waals surface area contributed by atoms with Gasteiger partial charge in [0.1, 0.15) is 0 Å². The minimum atomic E-state index is -1.97. The van der Waals surface area contributed by atoms with E-state index in [4.69, 9.17) is 23.5 Å². The third-order valence-corrected chi connectivity index (χ3v) is 7.07. The van der Waals surface area contributed by atoms with Crippen LogP contribution in [0.4, 0.5) is 5.88 Å². The average molecular weight is 535 g/mol. The second-order valence-corrected chi connectivity index (χ2v) is 9.80. The number of rotatable bonds is 4. The summed E-state index contributed by atoms with van der Waals surface area (Å²) in [5.74, 6) is -4.92. The number of hydrogen-bond donors (Lipinski definition) is 1. The Balaban J connectivity index is 1.76. The minimum Gasteiger partial charge on any atom is -0.465 e. The highest BCUT2D eigenvalue weighted by atomic mass is 16.7. The molecule has 0 saturated carbocycles. The van der Waals surface area contributed by atoms with Crippen LogP contribution < -0.4 is 5.32 Å². The van der Waals surface area contributed by atoms with Gasteiger partial charge in [-0.25, -0.2) is 9.59 Å². The van der Waals surface area contributed by atoms with Gasteiger partial charge in [-0.3, -0.25) is 9.59 Å². The van der Waals surface area contributed by atoms with Crippen molar-refractivity contribution < 1.29 is 42.6 Å². The van der Waals surface area contributed by atoms with Gasteiger partial charge in [0.05, 0.1) is 37.1 Å². The summed E-state index contributed by atoms with van der Waals surface area (Å²) in [5, 5.41) is 7.25. The van der Waals surface area contributed by atoms with E-state index in [9.17, 15) is 19.2 Å². The van der Waals surface area contributed by atoms with Crippen LogP contribution in [0.1, 0.15) is 68.9 Å². The van der Waals surface area contributed by atoms with Crippen molar-refractivity contribution in [3.05, 3.63) is 82.0 Å². The molecule has 11 heteroatoms. The van der Waals surface area contributed by atoms with E-state index in [0.29, 0.717) is 22.4 Å². The Morgan fingerprint density at radius 2 is 1.33 bits per heavy atom. The molecular weight excluding hydrogens is 508 g/mol. The summed E-state index contributed by atoms with van der Waals surface area (Å²) in [6.07, 6.45) is 0. The Morgan fingerprint density at radius 3 is 1.82 bits per heavy atom. The maximum absolute atomic E-state index is 14.1. The largest absolute Gasteiger partial charge is 0.465 e. The topological polar surface area (TPSA) is 143 Å². The molecule has 0 aliphatic carbocycles. The van der Waals surface area contributed by atoms with Crippen molar-refractivity contribution in [2.24, 2.45) is 5.41 Å². The van der Waals surface area contributed by atoms with Crippen LogP contribution in [0.5, 0.6) is 0 Å². The number of methoxy groups -OCH3 is 2. The Kier molecular flexibility index (Phi) is 6.16. The summed E-state index contributed by atoms with van der Waals surface area (Å²) in [4.78, 5) is 52.3. The van der Waals surface area contributed by atoms with Crippen LogP contribution in [0.15, 0.2) is 53.1 Å². The fraction of sp³-hybridized carbons (Fsp3) is 0.321. The molecule has 39 heavy (non-hydrogen) atoms. The van der Waals surface area contributed by atoms with Crippen molar-refractivity contribution in [1.82, 2.24) is 5.16 Å². The van der Waals surface area contributed by atoms with Crippen LogP contribution in [-0.4, -0.2) is 49.0 Å². The van der Waals surface area contributed by atoms with Crippen molar-refractivity contribution in [3.63, 3.8) is 0 Å². The summed E-state index contributed by atoms with van der Waals surface area (Å²) in [6.45, 7) is 4.65. The lowest BCUT2D eigenvalue weighted by Gasteiger charge is -2.49. The number of benzene rings is 2. The minimum absolute atomic E-state index is 0.257. The van der Waals surface area contributed by atoms with E-state index in [1.165, 1.54) is 40.2 Å². The lowest BCUT2D eigenvalue weighted by atomic mass is 9.60. The van der Waals surface area contributed by atoms with Gasteiger partial charge in [0.15, 0.2) is 0 Å². The monoisotopic (exact) mass is 534 g/mol. The van der Waals surface area contributed by atoms with E-state index in [-0.39, 0.29) is 17.0 Å². The number of anilines is 1. The Hall–Kier alpha value is -4.67. The second-order valence-electron chi connectivity index (χ2n) is 9.80. The highest BCUT2D eigenvalue weighted by molar-refractivity contribution is 6.06. The van der Waals surface area contributed by atoms with Crippen LogP contribution in [-0.2, 0) is 28.5 Å². The number of ether oxygens (including phenoxy) is 4. The SMILES string of the molecule is COC(=O)c1ccc(C2Nc3onc(C)c3C(c3ccc(C(=O)OC)cc3)C23C(=O)OC(C)(C)OC3=O)cc1. The van der Waals surface area contributed by atoms with Gasteiger partial charge in [0.25, 0.3) is 5.79 Å². The van der Waals surface area contributed by atoms with Crippen molar-refractivity contribution >= 4 is 29.8 Å². The molecule has 1 aromatic heterocycles. The molecule has 1 spiro atoms. The number of carbonyl (C=O) groups excluding carboxylic acids is 4. The van der Waals surface area contributed by atoms with E-state index in [1.54, 1.807) is 43.3 Å². The molecule has 2 aliphatic heterocycles. The summed E-state index contributed by atoms with van der Waals surface area (Å²) in [6, 6.07) is 11.6. The number of aryl methyl sites for hydroxylation is 1. The highest BCUT2D eigenvalue weighted by Crippen LogP contribution is 2.59. The van der Waals surface area contributed by atoms with E-state index >= 15 is 0 Å². The fourth-order valence-corrected chi connectivity index (χ4v) is 5.29. The maximum Gasteiger partial charge on any atom is 0.337 e. The molecule has 2 aromatic carbocycles. The molecule has 11 nitrogen and oxygen atoms in total. The Morgan fingerprint density at radius 1 is 0.846 bits per heavy atom. The molecular formula is C28H26N2O9. The molecule has 0 bridgehead atoms. The zero-order valence-corrected chi connectivity index (χ0v) is 21.9. The van der Waals surface area contributed by atoms with Gasteiger partial charge in [-0.1, -0.05) is 29.4 Å². The molecule has 1 N–H and O–H groups in total. The predicted octanol–water partition coefficient (Wildman–Crippen LogP) is 3.68. The first kappa shape index (κ1) is 26.0. The number of carbonyl (C=O) groups is 4. The van der Waals surface area contributed by atoms with E-state index in [0.717, 1.165) is 0 Å². The molecule has 0 radical (unpaired) electrons. The number of nitrogens with one attached hydrogen (secondary N) is 1. The summed E-state index contributed by atoms with van der Waals surface area (Å²) in [7, 11) is 2.55. The van der Waals surface area contributed by atoms with Crippen molar-refractivity contribution in [3.8, 4) is 0 Å². The van der Waals surface area contributed by atoms with Gasteiger partial charge in [0.2, 0.25) is 11.3 Å². The quantitative estimate of drug-likeness (QED) is 0.297. The molecule has 2 unspecified atom stereocenters. The number of aromatic nitrogens is 1. The van der Waals surface area contributed by atoms with Crippen LogP contribution in [0.3, 0.4) is 0 Å². The third-order valence-electron chi connectivity index (χ3n) is 7.07. The van der Waals surface area contributed by atoms with Gasteiger partial charge in [-0.15, -0.1) is 0 Å². The van der Waals surface area contributed by atoms with Crippen molar-refractivity contribution in [1.29, 1.82) is 0 Å². The second kappa shape index (κ2) is 9.26. The summed E-state index contributed by atoms with van der Waals surface area (Å²) >= 11 is 0. The molecule has 1 fully saturated rings. The molecule has 2 aliphatic rings. The summed E-state index contributed by atoms with van der Waals surface area (Å²) in [5.41, 5.74) is 0.510. The lowest BCUT2D eigenvalue weighted by molar-refractivity contribution is -0.254. The molecule has 2 atom stereocenters. The molecule has 5 rings (SSSR count). The molecule has 0 amide bonds.